The van der Waals surface area contributed by atoms with E-state index in [1.165, 1.54) is 0 Å². The molecule has 0 aromatic carbocycles. The minimum Gasteiger partial charge on any atom is -0.396 e. The van der Waals surface area contributed by atoms with Crippen LogP contribution in [0.3, 0.4) is 0 Å². The molecule has 4 heteroatoms. The van der Waals surface area contributed by atoms with Crippen LogP contribution >= 0.6 is 0 Å². The number of fused-ring (bicyclic) bond motifs is 1. The molecule has 2 aromatic rings. The molecule has 0 atom stereocenters. The third kappa shape index (κ3) is 2.95. The largest absolute Gasteiger partial charge is 0.396 e. The third-order valence-corrected chi connectivity index (χ3v) is 3.35. The molecule has 0 bridgehead atoms. The highest BCUT2D eigenvalue weighted by Crippen LogP contribution is 2.19. The second-order valence-corrected chi connectivity index (χ2v) is 4.58. The summed E-state index contributed by atoms with van der Waals surface area (Å²) in [4.78, 5) is 2.24. The zero-order valence-electron chi connectivity index (χ0n) is 11.2. The van der Waals surface area contributed by atoms with E-state index in [0.717, 1.165) is 42.7 Å². The van der Waals surface area contributed by atoms with Crippen molar-refractivity contribution in [2.75, 3.05) is 19.7 Å². The summed E-state index contributed by atoms with van der Waals surface area (Å²) >= 11 is 0. The number of nitrogens with zero attached hydrogens (tertiary/aromatic N) is 3. The number of aliphatic hydroxyl groups is 1. The van der Waals surface area contributed by atoms with E-state index >= 15 is 0 Å². The van der Waals surface area contributed by atoms with Crippen molar-refractivity contribution >= 4 is 5.52 Å². The first kappa shape index (κ1) is 13.6. The second-order valence-electron chi connectivity index (χ2n) is 4.58. The van der Waals surface area contributed by atoms with Crippen molar-refractivity contribution in [1.29, 1.82) is 5.26 Å². The lowest BCUT2D eigenvalue weighted by molar-refractivity contribution is 0.225. The number of aliphatic hydroxyl groups excluding tert-OH is 1. The molecule has 0 aliphatic carbocycles. The molecule has 0 fully saturated rings. The van der Waals surface area contributed by atoms with Gasteiger partial charge in [-0.25, -0.2) is 0 Å². The lowest BCUT2D eigenvalue weighted by Crippen LogP contribution is -2.24. The van der Waals surface area contributed by atoms with Crippen molar-refractivity contribution in [3.05, 3.63) is 41.7 Å². The molecule has 0 spiro atoms. The molecular formula is C15H19N3O. The minimum absolute atomic E-state index is 0.208. The molecule has 0 saturated carbocycles. The van der Waals surface area contributed by atoms with Gasteiger partial charge in [0.25, 0.3) is 0 Å². The maximum Gasteiger partial charge on any atom is 0.102 e. The van der Waals surface area contributed by atoms with Gasteiger partial charge >= 0.3 is 0 Å². The highest BCUT2D eigenvalue weighted by Gasteiger charge is 2.12. The van der Waals surface area contributed by atoms with Crippen LogP contribution in [0.2, 0.25) is 0 Å². The van der Waals surface area contributed by atoms with Crippen LogP contribution < -0.4 is 0 Å². The molecule has 2 rings (SSSR count). The van der Waals surface area contributed by atoms with E-state index < -0.39 is 0 Å². The first-order valence-corrected chi connectivity index (χ1v) is 6.62. The van der Waals surface area contributed by atoms with Gasteiger partial charge in [-0.1, -0.05) is 13.0 Å². The summed E-state index contributed by atoms with van der Waals surface area (Å²) in [6.07, 6.45) is 4.75. The van der Waals surface area contributed by atoms with E-state index in [1.807, 2.05) is 35.0 Å². The zero-order chi connectivity index (χ0) is 13.7. The van der Waals surface area contributed by atoms with Crippen LogP contribution in [-0.4, -0.2) is 34.1 Å². The van der Waals surface area contributed by atoms with Gasteiger partial charge in [0.2, 0.25) is 0 Å². The lowest BCUT2D eigenvalue weighted by Gasteiger charge is -2.19. The van der Waals surface area contributed by atoms with E-state index in [2.05, 4.69) is 17.9 Å². The van der Waals surface area contributed by atoms with Gasteiger partial charge in [-0.15, -0.1) is 0 Å². The summed E-state index contributed by atoms with van der Waals surface area (Å²) in [6.45, 7) is 4.82. The first-order chi connectivity index (χ1) is 9.30. The fourth-order valence-corrected chi connectivity index (χ4v) is 2.31. The average Bonchev–Trinajstić information content (AvgIpc) is 2.80. The quantitative estimate of drug-likeness (QED) is 0.861. The van der Waals surface area contributed by atoms with Crippen molar-refractivity contribution in [2.24, 2.45) is 0 Å². The Labute approximate surface area is 113 Å². The lowest BCUT2D eigenvalue weighted by atomic mass is 10.1. The van der Waals surface area contributed by atoms with Crippen LogP contribution in [0.4, 0.5) is 0 Å². The summed E-state index contributed by atoms with van der Waals surface area (Å²) in [5, 5.41) is 18.3. The van der Waals surface area contributed by atoms with Gasteiger partial charge in [-0.3, -0.25) is 4.90 Å². The first-order valence-electron chi connectivity index (χ1n) is 6.62. The fourth-order valence-electron chi connectivity index (χ4n) is 2.31. The van der Waals surface area contributed by atoms with Gasteiger partial charge in [0, 0.05) is 37.7 Å². The Morgan fingerprint density at radius 1 is 1.42 bits per heavy atom. The van der Waals surface area contributed by atoms with E-state index in [1.54, 1.807) is 0 Å². The molecule has 0 amide bonds. The van der Waals surface area contributed by atoms with Gasteiger partial charge in [0.15, 0.2) is 0 Å². The predicted octanol–water partition coefficient (Wildman–Crippen LogP) is 2.02. The van der Waals surface area contributed by atoms with Crippen LogP contribution in [0, 0.1) is 11.3 Å². The van der Waals surface area contributed by atoms with Gasteiger partial charge in [-0.2, -0.15) is 5.26 Å². The Morgan fingerprint density at radius 2 is 2.26 bits per heavy atom. The highest BCUT2D eigenvalue weighted by atomic mass is 16.3. The van der Waals surface area contributed by atoms with E-state index in [0.29, 0.717) is 0 Å². The molecular weight excluding hydrogens is 238 g/mol. The molecule has 0 unspecified atom stereocenters. The summed E-state index contributed by atoms with van der Waals surface area (Å²) in [6, 6.07) is 8.18. The molecule has 0 aliphatic rings. The third-order valence-electron chi connectivity index (χ3n) is 3.35. The zero-order valence-corrected chi connectivity index (χ0v) is 11.2. The summed E-state index contributed by atoms with van der Waals surface area (Å²) < 4.78 is 1.99. The fraction of sp³-hybridized carbons (Fsp3) is 0.400. The summed E-state index contributed by atoms with van der Waals surface area (Å²) in [5.74, 6) is 0. The topological polar surface area (TPSA) is 51.7 Å². The van der Waals surface area contributed by atoms with Crippen LogP contribution in [0.5, 0.6) is 0 Å². The standard InChI is InChI=1S/C15H19N3O/c1-2-17(7-5-9-19)11-13-12-18-8-4-3-6-15(18)14(13)10-16/h3-4,6,8,12,19H,2,5,7,9,11H2,1H3. The van der Waals surface area contributed by atoms with Crippen LogP contribution in [0.1, 0.15) is 24.5 Å². The van der Waals surface area contributed by atoms with Crippen molar-refractivity contribution in [3.8, 4) is 6.07 Å². The number of hydrogen-bond donors (Lipinski definition) is 1. The van der Waals surface area contributed by atoms with Crippen molar-refractivity contribution in [1.82, 2.24) is 9.30 Å². The molecule has 19 heavy (non-hydrogen) atoms. The van der Waals surface area contributed by atoms with Gasteiger partial charge in [0.1, 0.15) is 6.07 Å². The molecule has 2 heterocycles. The van der Waals surface area contributed by atoms with Gasteiger partial charge < -0.3 is 9.51 Å². The van der Waals surface area contributed by atoms with Crippen LogP contribution in [0.15, 0.2) is 30.6 Å². The highest BCUT2D eigenvalue weighted by molar-refractivity contribution is 5.65. The number of aromatic nitrogens is 1. The molecule has 0 radical (unpaired) electrons. The molecule has 2 aromatic heterocycles. The van der Waals surface area contributed by atoms with Crippen molar-refractivity contribution in [2.45, 2.75) is 19.9 Å². The smallest absolute Gasteiger partial charge is 0.102 e. The molecule has 1 N–H and O–H groups in total. The van der Waals surface area contributed by atoms with Gasteiger partial charge in [0.05, 0.1) is 11.1 Å². The van der Waals surface area contributed by atoms with E-state index in [4.69, 9.17) is 5.11 Å². The monoisotopic (exact) mass is 257 g/mol. The Hall–Kier alpha value is -1.83. The van der Waals surface area contributed by atoms with Crippen LogP contribution in [0.25, 0.3) is 5.52 Å². The SMILES string of the molecule is CCN(CCCO)Cc1cn2ccccc2c1C#N. The normalized spacial score (nSPS) is 11.1. The minimum atomic E-state index is 0.208. The van der Waals surface area contributed by atoms with E-state index in [9.17, 15) is 5.26 Å². The Kier molecular flexibility index (Phi) is 4.56. The summed E-state index contributed by atoms with van der Waals surface area (Å²) in [5.41, 5.74) is 2.76. The number of rotatable bonds is 6. The Morgan fingerprint density at radius 3 is 2.95 bits per heavy atom. The van der Waals surface area contributed by atoms with Crippen LogP contribution in [-0.2, 0) is 6.54 Å². The predicted molar refractivity (Wildman–Crippen MR) is 74.8 cm³/mol. The maximum atomic E-state index is 9.35. The van der Waals surface area contributed by atoms with Gasteiger partial charge in [-0.05, 0) is 25.1 Å². The molecule has 0 aliphatic heterocycles. The molecule has 4 nitrogen and oxygen atoms in total. The number of pyridine rings is 1. The maximum absolute atomic E-state index is 9.35. The number of hydrogen-bond acceptors (Lipinski definition) is 3. The van der Waals surface area contributed by atoms with Crippen molar-refractivity contribution < 1.29 is 5.11 Å². The summed E-state index contributed by atoms with van der Waals surface area (Å²) in [7, 11) is 0. The average molecular weight is 257 g/mol. The van der Waals surface area contributed by atoms with E-state index in [-0.39, 0.29) is 6.61 Å². The molecule has 0 saturated heterocycles. The Balaban J connectivity index is 2.26. The second kappa shape index (κ2) is 6.37. The number of nitriles is 1. The molecule has 100 valence electrons. The van der Waals surface area contributed by atoms with Crippen molar-refractivity contribution in [3.63, 3.8) is 0 Å². The Bertz CT molecular complexity index is 583.